The summed E-state index contributed by atoms with van der Waals surface area (Å²) in [6.45, 7) is 0. The predicted octanol–water partition coefficient (Wildman–Crippen LogP) is 5.13. The SMILES string of the molecule is [Cl][Al-]([Cl])([Cl])[Cl].[Cl][Au]([Cl])([Cl])[Cl]. The Morgan fingerprint density at radius 1 is 0.700 bits per heavy atom. The normalized spacial score (nSPS) is 13.6. The fourth-order valence-electron chi connectivity index (χ4n) is 0. The van der Waals surface area contributed by atoms with Crippen LogP contribution in [0.2, 0.25) is 0 Å². The summed E-state index contributed by atoms with van der Waals surface area (Å²) in [5.41, 5.74) is 0. The first kappa shape index (κ1) is 16.0. The minimum atomic E-state index is -3.00. The molecule has 0 aromatic heterocycles. The van der Waals surface area contributed by atoms with Gasteiger partial charge >= 0.3 is 59.0 Å². The predicted molar refractivity (Wildman–Crippen MR) is 52.6 cm³/mol. The van der Waals surface area contributed by atoms with Crippen molar-refractivity contribution in [2.24, 2.45) is 0 Å². The van der Waals surface area contributed by atoms with Gasteiger partial charge in [0, 0.05) is 0 Å². The van der Waals surface area contributed by atoms with Gasteiger partial charge in [0.1, 0.15) is 0 Å². The second-order valence-electron chi connectivity index (χ2n) is 0.753. The van der Waals surface area contributed by atoms with Crippen molar-refractivity contribution in [1.82, 2.24) is 0 Å². The molecule has 0 heterocycles. The molecule has 71 valence electrons. The van der Waals surface area contributed by atoms with Crippen LogP contribution in [-0.4, -0.2) is 9.39 Å². The van der Waals surface area contributed by atoms with E-state index in [0.29, 0.717) is 0 Å². The van der Waals surface area contributed by atoms with E-state index >= 15 is 0 Å². The number of halogens is 8. The molecular weight excluding hydrogens is 508 g/mol. The van der Waals surface area contributed by atoms with Gasteiger partial charge in [-0.25, -0.2) is 0 Å². The van der Waals surface area contributed by atoms with Crippen LogP contribution in [0.25, 0.3) is 0 Å². The molecule has 0 radical (unpaired) electrons. The molecule has 10 heteroatoms. The molecule has 10 heavy (non-hydrogen) atoms. The topological polar surface area (TPSA) is 0 Å². The molecule has 0 saturated carbocycles. The Hall–Kier alpha value is 3.59. The van der Waals surface area contributed by atoms with E-state index in [1.54, 1.807) is 0 Å². The quantitative estimate of drug-likeness (QED) is 0.399. The second kappa shape index (κ2) is 6.96. The van der Waals surface area contributed by atoms with Crippen molar-refractivity contribution in [3.63, 3.8) is 0 Å². The summed E-state index contributed by atoms with van der Waals surface area (Å²) in [6.07, 6.45) is 0. The molecule has 0 atom stereocenters. The van der Waals surface area contributed by atoms with E-state index in [2.05, 4.69) is 0 Å². The van der Waals surface area contributed by atoms with Gasteiger partial charge in [-0.05, 0) is 0 Å². The van der Waals surface area contributed by atoms with Crippen LogP contribution in [0.5, 0.6) is 0 Å². The molecule has 0 fully saturated rings. The van der Waals surface area contributed by atoms with E-state index in [1.165, 1.54) is 0 Å². The van der Waals surface area contributed by atoms with Gasteiger partial charge in [-0.15, -0.1) is 0 Å². The van der Waals surface area contributed by atoms with Crippen LogP contribution < -0.4 is 0 Å². The Bertz CT molecular complexity index is 52.2. The van der Waals surface area contributed by atoms with Crippen molar-refractivity contribution >= 4 is 86.3 Å². The van der Waals surface area contributed by atoms with Crippen molar-refractivity contribution in [3.05, 3.63) is 0 Å². The molecule has 0 bridgehead atoms. The molecule has 0 unspecified atom stereocenters. The van der Waals surface area contributed by atoms with E-state index < -0.39 is 22.2 Å². The summed E-state index contributed by atoms with van der Waals surface area (Å²) in [5.74, 6) is 0. The number of hydrogen-bond donors (Lipinski definition) is 0. The van der Waals surface area contributed by atoms with Gasteiger partial charge in [0.05, 0.1) is 0 Å². The third-order valence-corrected chi connectivity index (χ3v) is 0. The average Bonchev–Trinajstić information content (AvgIpc) is 1.12. The van der Waals surface area contributed by atoms with Gasteiger partial charge in [0.2, 0.25) is 0 Å². The van der Waals surface area contributed by atoms with E-state index in [4.69, 9.17) is 77.0 Å². The summed E-state index contributed by atoms with van der Waals surface area (Å²) in [6, 6.07) is 0. The third-order valence-electron chi connectivity index (χ3n) is 0. The van der Waals surface area contributed by atoms with Crippen molar-refractivity contribution in [3.8, 4) is 0 Å². The second-order valence-corrected chi connectivity index (χ2v) is 32.4. The monoisotopic (exact) mass is 504 g/mol. The van der Waals surface area contributed by atoms with Gasteiger partial charge in [-0.1, -0.05) is 0 Å². The fourth-order valence-corrected chi connectivity index (χ4v) is 0. The van der Waals surface area contributed by atoms with Crippen LogP contribution in [0, 0.1) is 0 Å². The van der Waals surface area contributed by atoms with Crippen LogP contribution in [-0.2, 0) is 12.8 Å². The Labute approximate surface area is 97.3 Å². The third kappa shape index (κ3) is 101. The van der Waals surface area contributed by atoms with Crippen molar-refractivity contribution in [2.45, 2.75) is 0 Å². The zero-order valence-corrected chi connectivity index (χ0v) is 13.3. The van der Waals surface area contributed by atoms with Gasteiger partial charge in [0.25, 0.3) is 0 Å². The molecule has 0 rings (SSSR count). The molecule has 0 amide bonds. The zero-order valence-electron chi connectivity index (χ0n) is 3.90. The molecule has 0 aliphatic rings. The molecule has 0 aromatic rings. The van der Waals surface area contributed by atoms with Crippen LogP contribution >= 0.6 is 77.0 Å². The zero-order chi connectivity index (χ0) is 9.00. The maximum absolute atomic E-state index is 5.00. The average molecular weight is 508 g/mol. The summed E-state index contributed by atoms with van der Waals surface area (Å²) in [5, 5.41) is 0. The first-order valence-electron chi connectivity index (χ1n) is 1.33. The Morgan fingerprint density at radius 3 is 0.700 bits per heavy atom. The van der Waals surface area contributed by atoms with Gasteiger partial charge < -0.3 is 40.2 Å². The summed E-state index contributed by atoms with van der Waals surface area (Å²) in [7, 11) is 37.0. The number of rotatable bonds is 0. The van der Waals surface area contributed by atoms with E-state index in [0.717, 1.165) is 0 Å². The molecule has 0 aliphatic heterocycles. The standard InChI is InChI=1S/Al.Au.8ClH/h;;8*1H/q+3;+4;;;;;;;;/p-8. The van der Waals surface area contributed by atoms with Crippen molar-refractivity contribution < 1.29 is 12.8 Å². The Morgan fingerprint density at radius 2 is 0.700 bits per heavy atom. The summed E-state index contributed by atoms with van der Waals surface area (Å²) < 4.78 is 0. The summed E-state index contributed by atoms with van der Waals surface area (Å²) >= 11 is -3.00. The molecule has 0 aliphatic carbocycles. The van der Waals surface area contributed by atoms with Crippen molar-refractivity contribution in [2.75, 3.05) is 0 Å². The molecule has 0 aromatic carbocycles. The van der Waals surface area contributed by atoms with Crippen molar-refractivity contribution in [1.29, 1.82) is 0 Å². The van der Waals surface area contributed by atoms with Gasteiger partial charge in [-0.2, -0.15) is 0 Å². The molecule has 0 N–H and O–H groups in total. The summed E-state index contributed by atoms with van der Waals surface area (Å²) in [4.78, 5) is 0. The maximum atomic E-state index is 5.00. The van der Waals surface area contributed by atoms with Crippen LogP contribution in [0.1, 0.15) is 0 Å². The number of hydrogen-bond acceptors (Lipinski definition) is 0. The van der Waals surface area contributed by atoms with E-state index in [9.17, 15) is 0 Å². The van der Waals surface area contributed by atoms with Crippen LogP contribution in [0.3, 0.4) is 0 Å². The molecular formula is AlAuCl8-. The van der Waals surface area contributed by atoms with E-state index in [1.807, 2.05) is 0 Å². The molecule has 0 spiro atoms. The van der Waals surface area contributed by atoms with E-state index in [-0.39, 0.29) is 0 Å². The first-order chi connectivity index (χ1) is 4.00. The molecule has 0 saturated heterocycles. The van der Waals surface area contributed by atoms with Crippen LogP contribution in [0.15, 0.2) is 0 Å². The van der Waals surface area contributed by atoms with Gasteiger partial charge in [-0.3, -0.25) is 0 Å². The van der Waals surface area contributed by atoms with Crippen LogP contribution in [0.4, 0.5) is 0 Å². The fraction of sp³-hybridized carbons (Fsp3) is 0. The Kier molecular flexibility index (Phi) is 11.2. The first-order valence-corrected chi connectivity index (χ1v) is 19.0. The minimum absolute atomic E-state index is 2.94. The Balaban J connectivity index is 0. The van der Waals surface area contributed by atoms with Gasteiger partial charge in [0.15, 0.2) is 0 Å². The molecule has 0 nitrogen and oxygen atoms in total.